The highest BCUT2D eigenvalue weighted by Crippen LogP contribution is 2.31. The van der Waals surface area contributed by atoms with Gasteiger partial charge < -0.3 is 10.3 Å². The van der Waals surface area contributed by atoms with Crippen molar-refractivity contribution in [1.29, 1.82) is 0 Å². The number of H-pyrrole nitrogens is 1. The van der Waals surface area contributed by atoms with Gasteiger partial charge in [-0.1, -0.05) is 5.16 Å². The van der Waals surface area contributed by atoms with E-state index in [4.69, 9.17) is 10.3 Å². The molecule has 0 aliphatic heterocycles. The molecule has 3 N–H and O–H groups in total. The van der Waals surface area contributed by atoms with E-state index in [2.05, 4.69) is 36.3 Å². The number of aromatic amines is 1. The third kappa shape index (κ3) is 2.41. The zero-order valence-corrected chi connectivity index (χ0v) is 13.2. The zero-order valence-electron chi connectivity index (χ0n) is 10.8. The van der Waals surface area contributed by atoms with Crippen LogP contribution in [0.3, 0.4) is 0 Å². The number of hydrogen-bond donors (Lipinski definition) is 2. The Bertz CT molecular complexity index is 739. The summed E-state index contributed by atoms with van der Waals surface area (Å²) in [6.45, 7) is 3.79. The molecule has 0 aliphatic rings. The molecule has 0 aromatic carbocycles. The van der Waals surface area contributed by atoms with Crippen LogP contribution in [0.5, 0.6) is 0 Å². The number of thiophene rings is 1. The van der Waals surface area contributed by atoms with Crippen molar-refractivity contribution in [1.82, 2.24) is 20.3 Å². The molecule has 3 aromatic heterocycles. The van der Waals surface area contributed by atoms with Gasteiger partial charge in [0.15, 0.2) is 5.69 Å². The fraction of sp³-hybridized carbons (Fsp3) is 0.250. The Morgan fingerprint density at radius 1 is 1.40 bits per heavy atom. The van der Waals surface area contributed by atoms with E-state index in [1.54, 1.807) is 11.3 Å². The van der Waals surface area contributed by atoms with Crippen LogP contribution in [0.1, 0.15) is 19.5 Å². The van der Waals surface area contributed by atoms with Crippen molar-refractivity contribution in [2.45, 2.75) is 19.4 Å². The number of nitrogens with two attached hydrogens (primary N) is 1. The molecular weight excluding hydrogens is 342 g/mol. The highest BCUT2D eigenvalue weighted by molar-refractivity contribution is 9.10. The third-order valence-corrected chi connectivity index (χ3v) is 4.48. The third-order valence-electron chi connectivity index (χ3n) is 2.77. The smallest absolute Gasteiger partial charge is 0.278 e. The molecule has 3 rings (SSSR count). The second-order valence-corrected chi connectivity index (χ2v) is 6.54. The number of nitrogens with zero attached hydrogens (tertiary/aromatic N) is 3. The summed E-state index contributed by atoms with van der Waals surface area (Å²) in [4.78, 5) is 4.35. The minimum absolute atomic E-state index is 0.366. The first-order valence-corrected chi connectivity index (χ1v) is 7.59. The number of hydrogen-bond acceptors (Lipinski definition) is 6. The topological polar surface area (TPSA) is 93.6 Å². The number of aromatic nitrogens is 4. The summed E-state index contributed by atoms with van der Waals surface area (Å²) in [5, 5.41) is 14.9. The second-order valence-electron chi connectivity index (χ2n) is 4.95. The van der Waals surface area contributed by atoms with Crippen molar-refractivity contribution in [3.8, 4) is 23.0 Å². The van der Waals surface area contributed by atoms with Gasteiger partial charge in [0, 0.05) is 20.8 Å². The molecular formula is C12H12BrN5OS. The molecule has 0 amide bonds. The molecule has 0 saturated heterocycles. The summed E-state index contributed by atoms with van der Waals surface area (Å²) in [7, 11) is 0. The van der Waals surface area contributed by atoms with Crippen molar-refractivity contribution in [2.24, 2.45) is 5.73 Å². The Balaban J connectivity index is 1.95. The summed E-state index contributed by atoms with van der Waals surface area (Å²) >= 11 is 5.02. The molecule has 0 fully saturated rings. The van der Waals surface area contributed by atoms with E-state index in [0.29, 0.717) is 17.4 Å². The fourth-order valence-electron chi connectivity index (χ4n) is 1.64. The van der Waals surface area contributed by atoms with Gasteiger partial charge >= 0.3 is 0 Å². The zero-order chi connectivity index (χ0) is 14.3. The molecule has 0 radical (unpaired) electrons. The molecule has 0 aliphatic carbocycles. The Kier molecular flexibility index (Phi) is 3.23. The maximum Gasteiger partial charge on any atom is 0.278 e. The van der Waals surface area contributed by atoms with E-state index in [0.717, 1.165) is 15.7 Å². The largest absolute Gasteiger partial charge is 0.332 e. The molecule has 0 saturated carbocycles. The van der Waals surface area contributed by atoms with Gasteiger partial charge in [0.2, 0.25) is 5.82 Å². The van der Waals surface area contributed by atoms with Crippen molar-refractivity contribution >= 4 is 27.3 Å². The van der Waals surface area contributed by atoms with Crippen LogP contribution in [0.15, 0.2) is 25.8 Å². The van der Waals surface area contributed by atoms with Gasteiger partial charge in [-0.25, -0.2) is 0 Å². The summed E-state index contributed by atoms with van der Waals surface area (Å²) in [6, 6.07) is 1.82. The van der Waals surface area contributed by atoms with Crippen molar-refractivity contribution in [2.75, 3.05) is 0 Å². The average molecular weight is 354 g/mol. The van der Waals surface area contributed by atoms with Gasteiger partial charge in [-0.3, -0.25) is 5.10 Å². The Morgan fingerprint density at radius 3 is 2.80 bits per heavy atom. The van der Waals surface area contributed by atoms with E-state index in [-0.39, 0.29) is 0 Å². The maximum absolute atomic E-state index is 6.01. The lowest BCUT2D eigenvalue weighted by molar-refractivity contribution is 0.431. The van der Waals surface area contributed by atoms with E-state index in [9.17, 15) is 0 Å². The van der Waals surface area contributed by atoms with Crippen molar-refractivity contribution in [3.63, 3.8) is 0 Å². The molecule has 104 valence electrons. The van der Waals surface area contributed by atoms with Gasteiger partial charge in [-0.2, -0.15) is 21.4 Å². The Morgan fingerprint density at radius 2 is 2.20 bits per heavy atom. The number of rotatable bonds is 3. The predicted octanol–water partition coefficient (Wildman–Crippen LogP) is 3.14. The quantitative estimate of drug-likeness (QED) is 0.754. The van der Waals surface area contributed by atoms with Gasteiger partial charge in [0.05, 0.1) is 11.2 Å². The van der Waals surface area contributed by atoms with Crippen LogP contribution in [-0.2, 0) is 5.54 Å². The van der Waals surface area contributed by atoms with Crippen LogP contribution >= 0.6 is 27.3 Å². The van der Waals surface area contributed by atoms with Crippen LogP contribution in [-0.4, -0.2) is 20.3 Å². The monoisotopic (exact) mass is 353 g/mol. The lowest BCUT2D eigenvalue weighted by Gasteiger charge is -2.14. The summed E-state index contributed by atoms with van der Waals surface area (Å²) in [6.07, 6.45) is 0. The van der Waals surface area contributed by atoms with Crippen molar-refractivity contribution < 1.29 is 4.52 Å². The summed E-state index contributed by atoms with van der Waals surface area (Å²) in [5.74, 6) is 0.898. The van der Waals surface area contributed by atoms with Crippen molar-refractivity contribution in [3.05, 3.63) is 27.0 Å². The van der Waals surface area contributed by atoms with E-state index < -0.39 is 5.54 Å². The van der Waals surface area contributed by atoms with E-state index in [1.807, 2.05) is 30.7 Å². The predicted molar refractivity (Wildman–Crippen MR) is 80.1 cm³/mol. The summed E-state index contributed by atoms with van der Waals surface area (Å²) in [5.41, 5.74) is 7.81. The molecule has 6 nitrogen and oxygen atoms in total. The first-order chi connectivity index (χ1) is 9.45. The molecule has 0 spiro atoms. The highest BCUT2D eigenvalue weighted by atomic mass is 79.9. The van der Waals surface area contributed by atoms with Gasteiger partial charge in [0.1, 0.15) is 0 Å². The minimum atomic E-state index is -0.496. The molecule has 3 heterocycles. The van der Waals surface area contributed by atoms with E-state index >= 15 is 0 Å². The highest BCUT2D eigenvalue weighted by Gasteiger charge is 2.20. The van der Waals surface area contributed by atoms with Crippen LogP contribution in [0, 0.1) is 0 Å². The number of nitrogens with one attached hydrogen (secondary N) is 1. The fourth-order valence-corrected chi connectivity index (χ4v) is 3.09. The first kappa shape index (κ1) is 13.5. The van der Waals surface area contributed by atoms with Crippen LogP contribution < -0.4 is 5.73 Å². The molecule has 8 heteroatoms. The molecule has 0 unspecified atom stereocenters. The standard InChI is InChI=1S/C12H12BrN5OS/c1-12(2,14)9-3-8(16-17-9)11-15-10(18-19-11)6-4-20-5-7(6)13/h3-5H,14H2,1-2H3,(H,16,17). The normalized spacial score (nSPS) is 12.0. The van der Waals surface area contributed by atoms with Crippen LogP contribution in [0.25, 0.3) is 23.0 Å². The Hall–Kier alpha value is -1.51. The second kappa shape index (κ2) is 4.80. The van der Waals surface area contributed by atoms with Crippen LogP contribution in [0.2, 0.25) is 0 Å². The van der Waals surface area contributed by atoms with E-state index in [1.165, 1.54) is 0 Å². The van der Waals surface area contributed by atoms with Gasteiger partial charge in [-0.05, 0) is 35.8 Å². The van der Waals surface area contributed by atoms with Gasteiger partial charge in [0.25, 0.3) is 5.89 Å². The summed E-state index contributed by atoms with van der Waals surface area (Å²) < 4.78 is 6.20. The lowest BCUT2D eigenvalue weighted by atomic mass is 10.0. The number of halogens is 1. The Labute approximate surface area is 127 Å². The lowest BCUT2D eigenvalue weighted by Crippen LogP contribution is -2.28. The molecule has 20 heavy (non-hydrogen) atoms. The first-order valence-electron chi connectivity index (χ1n) is 5.86. The minimum Gasteiger partial charge on any atom is -0.332 e. The SMILES string of the molecule is CC(C)(N)c1cc(-c2nc(-c3cscc3Br)no2)n[nH]1. The molecule has 0 atom stereocenters. The van der Waals surface area contributed by atoms with Crippen LogP contribution in [0.4, 0.5) is 0 Å². The molecule has 0 bridgehead atoms. The maximum atomic E-state index is 6.01. The molecule has 3 aromatic rings. The van der Waals surface area contributed by atoms with Gasteiger partial charge in [-0.15, -0.1) is 0 Å². The average Bonchev–Trinajstić information content (AvgIpc) is 3.05.